The Labute approximate surface area is 228 Å². The van der Waals surface area contributed by atoms with Gasteiger partial charge >= 0.3 is 19.4 Å². The molecule has 0 spiro atoms. The molecule has 4 rings (SSSR count). The van der Waals surface area contributed by atoms with E-state index in [0.717, 1.165) is 21.9 Å². The van der Waals surface area contributed by atoms with Crippen molar-refractivity contribution in [2.45, 2.75) is 42.5 Å². The minimum Gasteiger partial charge on any atom is -0.460 e. The summed E-state index contributed by atoms with van der Waals surface area (Å²) in [7, 11) is -4.25. The Morgan fingerprint density at radius 3 is 2.54 bits per heavy atom. The summed E-state index contributed by atoms with van der Waals surface area (Å²) in [5.41, 5.74) is 5.51. The highest BCUT2D eigenvalue weighted by Gasteiger charge is 2.46. The predicted octanol–water partition coefficient (Wildman–Crippen LogP) is 3.06. The lowest BCUT2D eigenvalue weighted by molar-refractivity contribution is -0.146. The fourth-order valence-electron chi connectivity index (χ4n) is 3.71. The Bertz CT molecular complexity index is 1370. The van der Waals surface area contributed by atoms with Gasteiger partial charge in [-0.05, 0) is 30.7 Å². The first-order chi connectivity index (χ1) is 18.6. The molecule has 39 heavy (non-hydrogen) atoms. The fraction of sp³-hybridized carbons (Fsp3) is 0.320. The number of nitrogens with one attached hydrogen (secondary N) is 1. The number of anilines is 1. The van der Waals surface area contributed by atoms with Crippen molar-refractivity contribution in [3.05, 3.63) is 89.0 Å². The summed E-state index contributed by atoms with van der Waals surface area (Å²) < 4.78 is 46.2. The van der Waals surface area contributed by atoms with Crippen molar-refractivity contribution >= 4 is 31.3 Å². The van der Waals surface area contributed by atoms with E-state index in [0.29, 0.717) is 0 Å². The second kappa shape index (κ2) is 12.8. The van der Waals surface area contributed by atoms with Crippen LogP contribution >= 0.6 is 19.5 Å². The van der Waals surface area contributed by atoms with Gasteiger partial charge in [0.05, 0.1) is 11.9 Å². The van der Waals surface area contributed by atoms with E-state index in [2.05, 4.69) is 10.1 Å². The van der Waals surface area contributed by atoms with E-state index in [1.54, 1.807) is 42.5 Å². The maximum absolute atomic E-state index is 15.0. The lowest BCUT2D eigenvalue weighted by Gasteiger charge is -2.24. The van der Waals surface area contributed by atoms with Gasteiger partial charge in [-0.25, -0.2) is 13.8 Å². The number of nitrogens with zero attached hydrogens (tertiary/aromatic N) is 2. The van der Waals surface area contributed by atoms with Crippen LogP contribution in [0.2, 0.25) is 0 Å². The van der Waals surface area contributed by atoms with E-state index in [4.69, 9.17) is 19.5 Å². The number of carbonyl (C=O) groups excluding carboxylic acids is 1. The molecule has 3 aromatic rings. The van der Waals surface area contributed by atoms with Crippen LogP contribution in [0, 0.1) is 0 Å². The van der Waals surface area contributed by atoms with Crippen LogP contribution in [0.4, 0.5) is 10.2 Å². The molecule has 0 radical (unpaired) electrons. The van der Waals surface area contributed by atoms with Gasteiger partial charge in [-0.2, -0.15) is 10.1 Å². The summed E-state index contributed by atoms with van der Waals surface area (Å²) in [6.45, 7) is 1.02. The van der Waals surface area contributed by atoms with Crippen molar-refractivity contribution in [2.24, 2.45) is 0 Å². The molecule has 1 fully saturated rings. The zero-order chi connectivity index (χ0) is 28.0. The number of alkyl halides is 1. The number of aromatic nitrogens is 2. The van der Waals surface area contributed by atoms with Crippen LogP contribution in [0.15, 0.2) is 77.7 Å². The summed E-state index contributed by atoms with van der Waals surface area (Å²) in [5.74, 6) is -0.524. The van der Waals surface area contributed by atoms with Crippen molar-refractivity contribution in [1.29, 1.82) is 0 Å². The first-order valence-electron chi connectivity index (χ1n) is 11.9. The van der Waals surface area contributed by atoms with Gasteiger partial charge in [0.15, 0.2) is 6.17 Å². The number of esters is 1. The molecule has 11 nitrogen and oxygen atoms in total. The molecule has 1 aliphatic rings. The third-order valence-electron chi connectivity index (χ3n) is 5.73. The van der Waals surface area contributed by atoms with Crippen LogP contribution in [0.3, 0.4) is 0 Å². The van der Waals surface area contributed by atoms with E-state index in [-0.39, 0.29) is 18.2 Å². The Hall–Kier alpha value is -3.22. The first-order valence-corrected chi connectivity index (χ1v) is 14.4. The number of aliphatic hydroxyl groups excluding tert-OH is 1. The number of hydrogen-bond donors (Lipinski definition) is 3. The van der Waals surface area contributed by atoms with Gasteiger partial charge in [-0.15, -0.1) is 11.8 Å². The van der Waals surface area contributed by atoms with Crippen LogP contribution in [0.5, 0.6) is 5.75 Å². The van der Waals surface area contributed by atoms with Crippen molar-refractivity contribution in [1.82, 2.24) is 14.6 Å². The number of halogens is 1. The standard InChI is InChI=1S/C25H28FN4O7PS/c1-16(24(32)35-14-17-8-4-2-5-9-17)29-38(34,37-18-10-6-3-7-11-18)36-15-19-22(31)21(26)23(39-19)30-13-12-20(27)28-25(30)33/h2-13,16,19,21-23,31H,14-15H2,1H3,(H,29,34)(H2,27,28,33)/t16-,19+,21-,22+,23+,38?/m0/s1. The number of aliphatic hydroxyl groups is 1. The molecule has 6 atom stereocenters. The number of nitrogens with two attached hydrogens (primary N) is 1. The van der Waals surface area contributed by atoms with E-state index in [1.165, 1.54) is 19.2 Å². The van der Waals surface area contributed by atoms with Crippen molar-refractivity contribution < 1.29 is 32.6 Å². The highest BCUT2D eigenvalue weighted by molar-refractivity contribution is 8.00. The molecular weight excluding hydrogens is 550 g/mol. The predicted molar refractivity (Wildman–Crippen MR) is 144 cm³/mol. The molecule has 1 unspecified atom stereocenters. The minimum atomic E-state index is -4.25. The topological polar surface area (TPSA) is 155 Å². The molecule has 0 aliphatic carbocycles. The number of para-hydroxylation sites is 1. The van der Waals surface area contributed by atoms with Gasteiger partial charge < -0.3 is 20.1 Å². The smallest absolute Gasteiger partial charge is 0.459 e. The fourth-order valence-corrected chi connectivity index (χ4v) is 6.75. The summed E-state index contributed by atoms with van der Waals surface area (Å²) in [6.07, 6.45) is -2.11. The number of nitrogen functional groups attached to an aromatic ring is 1. The molecule has 1 aliphatic heterocycles. The lowest BCUT2D eigenvalue weighted by atomic mass is 10.1. The number of benzene rings is 2. The number of hydrogen-bond acceptors (Lipinski definition) is 10. The van der Waals surface area contributed by atoms with Crippen molar-refractivity contribution in [3.8, 4) is 5.75 Å². The highest BCUT2D eigenvalue weighted by atomic mass is 32.2. The molecule has 4 N–H and O–H groups in total. The minimum absolute atomic E-state index is 0.0138. The number of rotatable bonds is 11. The maximum Gasteiger partial charge on any atom is 0.459 e. The molecule has 1 aromatic heterocycles. The van der Waals surface area contributed by atoms with Crippen LogP contribution in [0.1, 0.15) is 17.9 Å². The molecule has 2 heterocycles. The lowest BCUT2D eigenvalue weighted by Crippen LogP contribution is -2.36. The van der Waals surface area contributed by atoms with Gasteiger partial charge in [-0.3, -0.25) is 13.9 Å². The largest absolute Gasteiger partial charge is 0.460 e. The molecule has 208 valence electrons. The Balaban J connectivity index is 1.44. The van der Waals surface area contributed by atoms with Gasteiger partial charge in [-0.1, -0.05) is 48.5 Å². The quantitative estimate of drug-likeness (QED) is 0.227. The average Bonchev–Trinajstić information content (AvgIpc) is 3.20. The number of ether oxygens (including phenoxy) is 1. The van der Waals surface area contributed by atoms with Gasteiger partial charge in [0.2, 0.25) is 0 Å². The maximum atomic E-state index is 15.0. The van der Waals surface area contributed by atoms with Crippen molar-refractivity contribution in [3.63, 3.8) is 0 Å². The number of carbonyl (C=O) groups is 1. The van der Waals surface area contributed by atoms with Crippen molar-refractivity contribution in [2.75, 3.05) is 12.3 Å². The monoisotopic (exact) mass is 578 g/mol. The second-order valence-electron chi connectivity index (χ2n) is 8.68. The third kappa shape index (κ3) is 7.46. The van der Waals surface area contributed by atoms with Gasteiger partial charge in [0.1, 0.15) is 35.7 Å². The summed E-state index contributed by atoms with van der Waals surface area (Å²) in [6, 6.07) is 17.4. The van der Waals surface area contributed by atoms with Crippen LogP contribution in [-0.4, -0.2) is 50.8 Å². The Morgan fingerprint density at radius 2 is 1.87 bits per heavy atom. The highest BCUT2D eigenvalue weighted by Crippen LogP contribution is 2.48. The van der Waals surface area contributed by atoms with Gasteiger partial charge in [0, 0.05) is 6.20 Å². The van der Waals surface area contributed by atoms with E-state index < -0.39 is 55.0 Å². The second-order valence-corrected chi connectivity index (χ2v) is 11.7. The molecule has 2 aromatic carbocycles. The van der Waals surface area contributed by atoms with E-state index in [9.17, 15) is 23.7 Å². The first kappa shape index (κ1) is 28.8. The molecular formula is C25H28FN4O7PS. The van der Waals surface area contributed by atoms with Crippen LogP contribution in [-0.2, 0) is 25.2 Å². The third-order valence-corrected chi connectivity index (χ3v) is 8.90. The summed E-state index contributed by atoms with van der Waals surface area (Å²) in [5, 5.41) is 11.0. The zero-order valence-corrected chi connectivity index (χ0v) is 22.5. The average molecular weight is 579 g/mol. The zero-order valence-electron chi connectivity index (χ0n) is 20.8. The normalized spacial score (nSPS) is 23.1. The molecule has 0 saturated carbocycles. The van der Waals surface area contributed by atoms with E-state index in [1.807, 2.05) is 18.2 Å². The summed E-state index contributed by atoms with van der Waals surface area (Å²) in [4.78, 5) is 28.4. The van der Waals surface area contributed by atoms with Crippen LogP contribution < -0.4 is 21.0 Å². The summed E-state index contributed by atoms with van der Waals surface area (Å²) >= 11 is 0.914. The van der Waals surface area contributed by atoms with E-state index >= 15 is 0 Å². The SMILES string of the molecule is C[C@H](NP(=O)(OC[C@H]1S[C@@H](n2ccc(N)nc2=O)[C@@H](F)[C@@H]1O)Oc1ccccc1)C(=O)OCc1ccccc1. The molecule has 1 saturated heterocycles. The van der Waals surface area contributed by atoms with Crippen LogP contribution in [0.25, 0.3) is 0 Å². The van der Waals surface area contributed by atoms with Gasteiger partial charge in [0.25, 0.3) is 0 Å². The molecule has 0 amide bonds. The Kier molecular flexibility index (Phi) is 9.41. The Morgan fingerprint density at radius 1 is 1.21 bits per heavy atom. The molecule has 14 heteroatoms. The molecule has 0 bridgehead atoms. The number of thioether (sulfide) groups is 1.